The number of halogens is 2. The van der Waals surface area contributed by atoms with E-state index >= 15 is 0 Å². The zero-order chi connectivity index (χ0) is 12.8. The Morgan fingerprint density at radius 2 is 1.74 bits per heavy atom. The van der Waals surface area contributed by atoms with Crippen LogP contribution in [0.1, 0.15) is 12.0 Å². The summed E-state index contributed by atoms with van der Waals surface area (Å²) in [6.07, 6.45) is 1.56. The van der Waals surface area contributed by atoms with Gasteiger partial charge in [-0.1, -0.05) is 42.5 Å². The quantitative estimate of drug-likeness (QED) is 0.734. The second-order valence-corrected chi connectivity index (χ2v) is 4.27. The molecule has 0 unspecified atom stereocenters. The van der Waals surface area contributed by atoms with Crippen LogP contribution in [0.3, 0.4) is 0 Å². The standard InChI is InChI=1S/C16H17FO.FH/c1-18-11-5-8-14-9-10-15(12-16(14)17)13-6-3-2-4-7-13;/h2-4,6-7,9-10,12H,5,8,11H2,1H3;1H. The average Bonchev–Trinajstić information content (AvgIpc) is 2.42. The number of rotatable bonds is 5. The van der Waals surface area contributed by atoms with Gasteiger partial charge in [-0.05, 0) is 35.6 Å². The molecule has 2 aromatic carbocycles. The lowest BCUT2D eigenvalue weighted by Crippen LogP contribution is -1.96. The predicted octanol–water partition coefficient (Wildman–Crippen LogP) is 4.22. The highest BCUT2D eigenvalue weighted by atomic mass is 19.1. The molecule has 0 N–H and O–H groups in total. The lowest BCUT2D eigenvalue weighted by molar-refractivity contribution is 0.195. The smallest absolute Gasteiger partial charge is 0.127 e. The van der Waals surface area contributed by atoms with Crippen molar-refractivity contribution < 1.29 is 13.8 Å². The Morgan fingerprint density at radius 1 is 1.00 bits per heavy atom. The molecular formula is C16H18F2O. The Morgan fingerprint density at radius 3 is 2.37 bits per heavy atom. The first-order valence-electron chi connectivity index (χ1n) is 6.14. The maximum Gasteiger partial charge on any atom is 0.127 e. The molecule has 0 bridgehead atoms. The summed E-state index contributed by atoms with van der Waals surface area (Å²) >= 11 is 0. The number of hydrogen-bond acceptors (Lipinski definition) is 1. The van der Waals surface area contributed by atoms with Gasteiger partial charge in [-0.25, -0.2) is 4.39 Å². The van der Waals surface area contributed by atoms with E-state index in [2.05, 4.69) is 0 Å². The molecule has 0 radical (unpaired) electrons. The number of aryl methyl sites for hydroxylation is 1. The largest absolute Gasteiger partial charge is 0.385 e. The maximum atomic E-state index is 13.9. The molecule has 0 aliphatic carbocycles. The van der Waals surface area contributed by atoms with Crippen molar-refractivity contribution in [1.82, 2.24) is 0 Å². The van der Waals surface area contributed by atoms with Gasteiger partial charge < -0.3 is 4.74 Å². The van der Waals surface area contributed by atoms with Crippen molar-refractivity contribution in [2.45, 2.75) is 12.8 Å². The van der Waals surface area contributed by atoms with Gasteiger partial charge in [0.25, 0.3) is 0 Å². The van der Waals surface area contributed by atoms with Gasteiger partial charge in [-0.3, -0.25) is 4.70 Å². The van der Waals surface area contributed by atoms with Gasteiger partial charge in [0.2, 0.25) is 0 Å². The first-order chi connectivity index (χ1) is 8.81. The number of methoxy groups -OCH3 is 1. The average molecular weight is 264 g/mol. The van der Waals surface area contributed by atoms with Gasteiger partial charge in [0, 0.05) is 13.7 Å². The van der Waals surface area contributed by atoms with E-state index in [1.165, 1.54) is 0 Å². The van der Waals surface area contributed by atoms with E-state index in [9.17, 15) is 4.39 Å². The molecular weight excluding hydrogens is 246 g/mol. The second kappa shape index (κ2) is 7.64. The van der Waals surface area contributed by atoms with Gasteiger partial charge in [0.05, 0.1) is 0 Å². The summed E-state index contributed by atoms with van der Waals surface area (Å²) in [6, 6.07) is 15.3. The zero-order valence-electron chi connectivity index (χ0n) is 10.9. The first kappa shape index (κ1) is 15.3. The third-order valence-corrected chi connectivity index (χ3v) is 2.95. The summed E-state index contributed by atoms with van der Waals surface area (Å²) in [4.78, 5) is 0. The van der Waals surface area contributed by atoms with Gasteiger partial charge in [-0.15, -0.1) is 0 Å². The van der Waals surface area contributed by atoms with Crippen molar-refractivity contribution >= 4 is 0 Å². The van der Waals surface area contributed by atoms with E-state index < -0.39 is 0 Å². The highest BCUT2D eigenvalue weighted by molar-refractivity contribution is 5.63. The van der Waals surface area contributed by atoms with Crippen molar-refractivity contribution in [1.29, 1.82) is 0 Å². The molecule has 3 heteroatoms. The summed E-state index contributed by atoms with van der Waals surface area (Å²) in [6.45, 7) is 0.667. The number of benzene rings is 2. The summed E-state index contributed by atoms with van der Waals surface area (Å²) in [5.74, 6) is -0.132. The van der Waals surface area contributed by atoms with Crippen LogP contribution in [0.5, 0.6) is 0 Å². The molecule has 0 saturated heterocycles. The van der Waals surface area contributed by atoms with Crippen molar-refractivity contribution in [3.8, 4) is 11.1 Å². The molecule has 0 fully saturated rings. The van der Waals surface area contributed by atoms with Crippen LogP contribution in [0.25, 0.3) is 11.1 Å². The lowest BCUT2D eigenvalue weighted by atomic mass is 10.0. The number of hydrogen-bond donors (Lipinski definition) is 0. The Bertz CT molecular complexity index is 497. The molecule has 0 spiro atoms. The van der Waals surface area contributed by atoms with Crippen LogP contribution >= 0.6 is 0 Å². The summed E-state index contributed by atoms with van der Waals surface area (Å²) in [5.41, 5.74) is 2.72. The van der Waals surface area contributed by atoms with Crippen molar-refractivity contribution in [2.24, 2.45) is 0 Å². The summed E-state index contributed by atoms with van der Waals surface area (Å²) in [5, 5.41) is 0. The second-order valence-electron chi connectivity index (χ2n) is 4.27. The van der Waals surface area contributed by atoms with Crippen LogP contribution in [0.15, 0.2) is 48.5 Å². The van der Waals surface area contributed by atoms with Crippen molar-refractivity contribution in [3.05, 3.63) is 59.9 Å². The minimum absolute atomic E-state index is 0. The topological polar surface area (TPSA) is 9.23 Å². The molecule has 2 aromatic rings. The minimum atomic E-state index is -0.132. The predicted molar refractivity (Wildman–Crippen MR) is 74.5 cm³/mol. The van der Waals surface area contributed by atoms with E-state index in [0.717, 1.165) is 29.5 Å². The highest BCUT2D eigenvalue weighted by Crippen LogP contribution is 2.22. The van der Waals surface area contributed by atoms with Crippen LogP contribution in [0, 0.1) is 5.82 Å². The molecule has 0 aromatic heterocycles. The molecule has 0 aliphatic heterocycles. The van der Waals surface area contributed by atoms with Crippen molar-refractivity contribution in [3.63, 3.8) is 0 Å². The van der Waals surface area contributed by atoms with Crippen LogP contribution in [-0.4, -0.2) is 13.7 Å². The molecule has 0 heterocycles. The maximum absolute atomic E-state index is 13.9. The first-order valence-corrected chi connectivity index (χ1v) is 6.14. The zero-order valence-corrected chi connectivity index (χ0v) is 10.9. The normalized spacial score (nSPS) is 10.0. The molecule has 0 atom stereocenters. The highest BCUT2D eigenvalue weighted by Gasteiger charge is 2.04. The van der Waals surface area contributed by atoms with Gasteiger partial charge >= 0.3 is 0 Å². The fourth-order valence-electron chi connectivity index (χ4n) is 1.97. The van der Waals surface area contributed by atoms with Crippen LogP contribution in [0.4, 0.5) is 9.09 Å². The Kier molecular flexibility index (Phi) is 6.16. The minimum Gasteiger partial charge on any atom is -0.385 e. The molecule has 0 aliphatic rings. The number of ether oxygens (including phenoxy) is 1. The fourth-order valence-corrected chi connectivity index (χ4v) is 1.97. The van der Waals surface area contributed by atoms with Gasteiger partial charge in [0.15, 0.2) is 0 Å². The van der Waals surface area contributed by atoms with Gasteiger partial charge in [-0.2, -0.15) is 0 Å². The molecule has 2 rings (SSSR count). The Balaban J connectivity index is 0.00000180. The molecule has 102 valence electrons. The molecule has 0 saturated carbocycles. The van der Waals surface area contributed by atoms with Crippen LogP contribution < -0.4 is 0 Å². The Hall–Kier alpha value is -1.74. The van der Waals surface area contributed by atoms with E-state index in [-0.39, 0.29) is 10.5 Å². The molecule has 0 amide bonds. The lowest BCUT2D eigenvalue weighted by Gasteiger charge is -2.06. The van der Waals surface area contributed by atoms with Crippen LogP contribution in [-0.2, 0) is 11.2 Å². The van der Waals surface area contributed by atoms with Crippen molar-refractivity contribution in [2.75, 3.05) is 13.7 Å². The van der Waals surface area contributed by atoms with Crippen LogP contribution in [0.2, 0.25) is 0 Å². The summed E-state index contributed by atoms with van der Waals surface area (Å²) in [7, 11) is 1.66. The van der Waals surface area contributed by atoms with E-state index in [0.29, 0.717) is 6.61 Å². The van der Waals surface area contributed by atoms with E-state index in [1.807, 2.05) is 42.5 Å². The van der Waals surface area contributed by atoms with Gasteiger partial charge in [0.1, 0.15) is 5.82 Å². The molecule has 19 heavy (non-hydrogen) atoms. The summed E-state index contributed by atoms with van der Waals surface area (Å²) < 4.78 is 18.9. The Labute approximate surface area is 112 Å². The molecule has 1 nitrogen and oxygen atoms in total. The SMILES string of the molecule is COCCCc1ccc(-c2ccccc2)cc1F.F. The monoisotopic (exact) mass is 264 g/mol. The third kappa shape index (κ3) is 4.14. The third-order valence-electron chi connectivity index (χ3n) is 2.95. The van der Waals surface area contributed by atoms with E-state index in [1.54, 1.807) is 13.2 Å². The van der Waals surface area contributed by atoms with E-state index in [4.69, 9.17) is 4.74 Å². The fraction of sp³-hybridized carbons (Fsp3) is 0.250.